The quantitative estimate of drug-likeness (QED) is 0.852. The van der Waals surface area contributed by atoms with Crippen molar-refractivity contribution in [3.05, 3.63) is 60.2 Å². The summed E-state index contributed by atoms with van der Waals surface area (Å²) in [7, 11) is -3.60. The largest absolute Gasteiger partial charge is 0.489 e. The molecule has 1 saturated heterocycles. The van der Waals surface area contributed by atoms with Crippen molar-refractivity contribution in [2.75, 3.05) is 17.2 Å². The molecule has 2 aromatic rings. The fraction of sp³-hybridized carbons (Fsp3) is 0.278. The number of hydrogen-bond acceptors (Lipinski definition) is 4. The molecule has 1 fully saturated rings. The van der Waals surface area contributed by atoms with Gasteiger partial charge in [0.2, 0.25) is 15.9 Å². The van der Waals surface area contributed by atoms with Crippen molar-refractivity contribution in [2.24, 2.45) is 11.1 Å². The number of primary sulfonamides is 1. The molecule has 6 nitrogen and oxygen atoms in total. The van der Waals surface area contributed by atoms with E-state index < -0.39 is 10.0 Å². The molecule has 1 heterocycles. The lowest BCUT2D eigenvalue weighted by molar-refractivity contribution is -0.117. The van der Waals surface area contributed by atoms with E-state index in [1.54, 1.807) is 4.90 Å². The maximum absolute atomic E-state index is 12.3. The molecule has 0 bridgehead atoms. The molecule has 1 aliphatic heterocycles. The van der Waals surface area contributed by atoms with E-state index in [0.29, 0.717) is 13.2 Å². The second kappa shape index (κ2) is 7.25. The van der Waals surface area contributed by atoms with Crippen molar-refractivity contribution in [1.29, 1.82) is 0 Å². The first kappa shape index (κ1) is 17.4. The second-order valence-electron chi connectivity index (χ2n) is 6.13. The summed E-state index contributed by atoms with van der Waals surface area (Å²) in [6.07, 6.45) is 0.185. The Balaban J connectivity index is 1.75. The standard InChI is InChI=1S/C18H20N2O4S/c19-25(22,23)13-14-10-18(21)20(11-14)17-9-5-4-6-15(17)12-24-16-7-2-1-3-8-16/h1-9,14H,10-13H2,(H2,19,22,23). The maximum Gasteiger partial charge on any atom is 0.227 e. The van der Waals surface area contributed by atoms with E-state index in [0.717, 1.165) is 17.0 Å². The van der Waals surface area contributed by atoms with E-state index in [4.69, 9.17) is 9.88 Å². The molecule has 0 spiro atoms. The first-order chi connectivity index (χ1) is 11.9. The third-order valence-electron chi connectivity index (χ3n) is 4.09. The lowest BCUT2D eigenvalue weighted by Crippen LogP contribution is -2.28. The van der Waals surface area contributed by atoms with Gasteiger partial charge in [0.05, 0.1) is 11.4 Å². The number of carbonyl (C=O) groups is 1. The summed E-state index contributed by atoms with van der Waals surface area (Å²) in [6, 6.07) is 16.9. The highest BCUT2D eigenvalue weighted by Crippen LogP contribution is 2.29. The summed E-state index contributed by atoms with van der Waals surface area (Å²) in [5.41, 5.74) is 1.62. The van der Waals surface area contributed by atoms with Gasteiger partial charge in [0.1, 0.15) is 12.4 Å². The molecular weight excluding hydrogens is 340 g/mol. The number of benzene rings is 2. The van der Waals surface area contributed by atoms with Crippen LogP contribution in [0.15, 0.2) is 54.6 Å². The highest BCUT2D eigenvalue weighted by atomic mass is 32.2. The van der Waals surface area contributed by atoms with Crippen LogP contribution < -0.4 is 14.8 Å². The van der Waals surface area contributed by atoms with Gasteiger partial charge in [-0.05, 0) is 18.2 Å². The third-order valence-corrected chi connectivity index (χ3v) is 5.03. The molecule has 1 atom stereocenters. The van der Waals surface area contributed by atoms with E-state index in [1.165, 1.54) is 0 Å². The van der Waals surface area contributed by atoms with Crippen molar-refractivity contribution >= 4 is 21.6 Å². The molecule has 3 rings (SSSR count). The minimum absolute atomic E-state index is 0.0965. The Labute approximate surface area is 147 Å². The molecule has 0 aromatic heterocycles. The Hall–Kier alpha value is -2.38. The van der Waals surface area contributed by atoms with Crippen LogP contribution in [0, 0.1) is 5.92 Å². The molecule has 25 heavy (non-hydrogen) atoms. The van der Waals surface area contributed by atoms with Crippen LogP contribution in [-0.2, 0) is 21.4 Å². The number of amides is 1. The summed E-state index contributed by atoms with van der Waals surface area (Å²) in [5, 5.41) is 5.11. The Morgan fingerprint density at radius 2 is 1.76 bits per heavy atom. The van der Waals surface area contributed by atoms with Crippen LogP contribution in [0.1, 0.15) is 12.0 Å². The number of sulfonamides is 1. The average Bonchev–Trinajstić information content (AvgIpc) is 2.92. The second-order valence-corrected chi connectivity index (χ2v) is 7.79. The van der Waals surface area contributed by atoms with Gasteiger partial charge < -0.3 is 9.64 Å². The highest BCUT2D eigenvalue weighted by Gasteiger charge is 2.33. The zero-order chi connectivity index (χ0) is 17.9. The summed E-state index contributed by atoms with van der Waals surface area (Å²) >= 11 is 0. The van der Waals surface area contributed by atoms with Crippen molar-refractivity contribution < 1.29 is 17.9 Å². The van der Waals surface area contributed by atoms with Crippen molar-refractivity contribution in [3.63, 3.8) is 0 Å². The number of ether oxygens (including phenoxy) is 1. The molecule has 0 saturated carbocycles. The lowest BCUT2D eigenvalue weighted by Gasteiger charge is -2.20. The van der Waals surface area contributed by atoms with Gasteiger partial charge in [0.15, 0.2) is 0 Å². The molecule has 0 aliphatic carbocycles. The number of hydrogen-bond donors (Lipinski definition) is 1. The SMILES string of the molecule is NS(=O)(=O)CC1CC(=O)N(c2ccccc2COc2ccccc2)C1. The Morgan fingerprint density at radius 3 is 2.48 bits per heavy atom. The normalized spacial score (nSPS) is 17.7. The Bertz CT molecular complexity index is 852. The van der Waals surface area contributed by atoms with Crippen molar-refractivity contribution in [3.8, 4) is 5.75 Å². The van der Waals surface area contributed by atoms with Gasteiger partial charge in [0.25, 0.3) is 0 Å². The lowest BCUT2D eigenvalue weighted by atomic mass is 10.1. The van der Waals surface area contributed by atoms with Gasteiger partial charge >= 0.3 is 0 Å². The monoisotopic (exact) mass is 360 g/mol. The fourth-order valence-electron chi connectivity index (χ4n) is 3.03. The molecule has 1 unspecified atom stereocenters. The van der Waals surface area contributed by atoms with E-state index in [2.05, 4.69) is 0 Å². The van der Waals surface area contributed by atoms with Crippen LogP contribution in [0.3, 0.4) is 0 Å². The minimum Gasteiger partial charge on any atom is -0.489 e. The molecule has 132 valence electrons. The van der Waals surface area contributed by atoms with E-state index >= 15 is 0 Å². The van der Waals surface area contributed by atoms with Crippen molar-refractivity contribution in [2.45, 2.75) is 13.0 Å². The molecule has 0 radical (unpaired) electrons. The van der Waals surface area contributed by atoms with E-state index in [1.807, 2.05) is 54.6 Å². The molecule has 1 amide bonds. The van der Waals surface area contributed by atoms with Crippen LogP contribution >= 0.6 is 0 Å². The predicted molar refractivity (Wildman–Crippen MR) is 95.7 cm³/mol. The van der Waals surface area contributed by atoms with Crippen LogP contribution in [0.2, 0.25) is 0 Å². The van der Waals surface area contributed by atoms with Gasteiger partial charge in [-0.2, -0.15) is 0 Å². The van der Waals surface area contributed by atoms with Crippen LogP contribution in [0.5, 0.6) is 5.75 Å². The van der Waals surface area contributed by atoms with Gasteiger partial charge in [0, 0.05) is 24.4 Å². The van der Waals surface area contributed by atoms with E-state index in [-0.39, 0.29) is 24.0 Å². The zero-order valence-electron chi connectivity index (χ0n) is 13.7. The molecule has 2 N–H and O–H groups in total. The fourth-order valence-corrected chi connectivity index (χ4v) is 3.91. The molecular formula is C18H20N2O4S. The summed E-state index contributed by atoms with van der Waals surface area (Å²) < 4.78 is 28.4. The summed E-state index contributed by atoms with van der Waals surface area (Å²) in [6.45, 7) is 0.668. The molecule has 2 aromatic carbocycles. The summed E-state index contributed by atoms with van der Waals surface area (Å²) in [5.74, 6) is 0.182. The van der Waals surface area contributed by atoms with Gasteiger partial charge in [-0.15, -0.1) is 0 Å². The number of carbonyl (C=O) groups excluding carboxylic acids is 1. The Kier molecular flexibility index (Phi) is 5.06. The number of anilines is 1. The third kappa shape index (κ3) is 4.58. The van der Waals surface area contributed by atoms with E-state index in [9.17, 15) is 13.2 Å². The Morgan fingerprint density at radius 1 is 1.08 bits per heavy atom. The highest BCUT2D eigenvalue weighted by molar-refractivity contribution is 7.89. The number of nitrogens with zero attached hydrogens (tertiary/aromatic N) is 1. The van der Waals surface area contributed by atoms with Crippen LogP contribution in [0.4, 0.5) is 5.69 Å². The first-order valence-corrected chi connectivity index (χ1v) is 9.70. The van der Waals surface area contributed by atoms with Crippen LogP contribution in [-0.4, -0.2) is 26.6 Å². The van der Waals surface area contributed by atoms with Gasteiger partial charge in [-0.3, -0.25) is 4.79 Å². The number of rotatable bonds is 6. The van der Waals surface area contributed by atoms with Gasteiger partial charge in [-0.1, -0.05) is 36.4 Å². The first-order valence-electron chi connectivity index (χ1n) is 7.99. The zero-order valence-corrected chi connectivity index (χ0v) is 14.5. The number of nitrogens with two attached hydrogens (primary N) is 1. The molecule has 7 heteroatoms. The smallest absolute Gasteiger partial charge is 0.227 e. The topological polar surface area (TPSA) is 89.7 Å². The van der Waals surface area contributed by atoms with Gasteiger partial charge in [-0.25, -0.2) is 13.6 Å². The minimum atomic E-state index is -3.60. The maximum atomic E-state index is 12.3. The summed E-state index contributed by atoms with van der Waals surface area (Å²) in [4.78, 5) is 14.0. The van der Waals surface area contributed by atoms with Crippen molar-refractivity contribution in [1.82, 2.24) is 0 Å². The number of para-hydroxylation sites is 2. The molecule has 1 aliphatic rings. The average molecular weight is 360 g/mol. The predicted octanol–water partition coefficient (Wildman–Crippen LogP) is 1.91. The van der Waals surface area contributed by atoms with Crippen LogP contribution in [0.25, 0.3) is 0 Å².